The van der Waals surface area contributed by atoms with Crippen molar-refractivity contribution in [3.8, 4) is 17.2 Å². The van der Waals surface area contributed by atoms with E-state index in [1.165, 1.54) is 6.20 Å². The topological polar surface area (TPSA) is 47.3 Å². The van der Waals surface area contributed by atoms with Crippen LogP contribution in [0, 0.1) is 0 Å². The molecule has 0 fully saturated rings. The van der Waals surface area contributed by atoms with Gasteiger partial charge in [0.15, 0.2) is 5.75 Å². The first kappa shape index (κ1) is 12.5. The van der Waals surface area contributed by atoms with Gasteiger partial charge in [0.25, 0.3) is 0 Å². The number of nitrogens with zero attached hydrogens (tertiary/aromatic N) is 2. The summed E-state index contributed by atoms with van der Waals surface area (Å²) in [5.41, 5.74) is 1.80. The molecule has 18 heavy (non-hydrogen) atoms. The lowest BCUT2D eigenvalue weighted by molar-refractivity contribution is 0.414. The molecule has 2 rings (SSSR count). The minimum atomic E-state index is 0.263. The summed E-state index contributed by atoms with van der Waals surface area (Å²) in [5.74, 6) is 1.07. The molecule has 4 heteroatoms. The summed E-state index contributed by atoms with van der Waals surface area (Å²) in [6.07, 6.45) is 4.45. The fourth-order valence-electron chi connectivity index (χ4n) is 1.89. The average molecular weight is 246 g/mol. The van der Waals surface area contributed by atoms with Gasteiger partial charge in [-0.15, -0.1) is 0 Å². The molecule has 0 bridgehead atoms. The molecule has 1 aromatic heterocycles. The van der Waals surface area contributed by atoms with Crippen molar-refractivity contribution in [2.24, 2.45) is 0 Å². The first-order chi connectivity index (χ1) is 8.76. The fourth-order valence-corrected chi connectivity index (χ4v) is 1.89. The fraction of sp³-hybridized carbons (Fsp3) is 0.357. The lowest BCUT2D eigenvalue weighted by atomic mass is 10.2. The molecule has 2 aromatic rings. The van der Waals surface area contributed by atoms with Gasteiger partial charge in [0.05, 0.1) is 24.7 Å². The minimum Gasteiger partial charge on any atom is -0.504 e. The van der Waals surface area contributed by atoms with Crippen molar-refractivity contribution in [1.82, 2.24) is 9.78 Å². The highest BCUT2D eigenvalue weighted by Gasteiger charge is 2.10. The Kier molecular flexibility index (Phi) is 3.87. The summed E-state index contributed by atoms with van der Waals surface area (Å²) in [4.78, 5) is 0. The Morgan fingerprint density at radius 3 is 2.61 bits per heavy atom. The van der Waals surface area contributed by atoms with Gasteiger partial charge < -0.3 is 9.84 Å². The van der Waals surface area contributed by atoms with Crippen molar-refractivity contribution in [2.45, 2.75) is 26.2 Å². The second kappa shape index (κ2) is 5.58. The van der Waals surface area contributed by atoms with Gasteiger partial charge in [-0.25, -0.2) is 4.68 Å². The number of unbranched alkanes of at least 4 members (excludes halogenated alkanes) is 1. The normalized spacial score (nSPS) is 10.6. The number of aromatic hydroxyl groups is 1. The number of methoxy groups -OCH3 is 1. The quantitative estimate of drug-likeness (QED) is 0.882. The second-order valence-electron chi connectivity index (χ2n) is 4.19. The number of hydrogen-bond acceptors (Lipinski definition) is 3. The van der Waals surface area contributed by atoms with Crippen molar-refractivity contribution in [3.63, 3.8) is 0 Å². The molecular weight excluding hydrogens is 228 g/mol. The Morgan fingerprint density at radius 2 is 2.00 bits per heavy atom. The minimum absolute atomic E-state index is 0.263. The molecule has 0 aliphatic carbocycles. The van der Waals surface area contributed by atoms with Crippen LogP contribution in [-0.4, -0.2) is 22.0 Å². The third-order valence-corrected chi connectivity index (χ3v) is 2.93. The lowest BCUT2D eigenvalue weighted by Crippen LogP contribution is -2.02. The van der Waals surface area contributed by atoms with Gasteiger partial charge in [0, 0.05) is 0 Å². The van der Waals surface area contributed by atoms with Crippen LogP contribution in [0.1, 0.15) is 25.5 Å². The number of hydrogen-bond donors (Lipinski definition) is 1. The first-order valence-corrected chi connectivity index (χ1v) is 6.16. The predicted octanol–water partition coefficient (Wildman–Crippen LogP) is 2.93. The predicted molar refractivity (Wildman–Crippen MR) is 70.4 cm³/mol. The largest absolute Gasteiger partial charge is 0.504 e. The average Bonchev–Trinajstić information content (AvgIpc) is 2.78. The zero-order valence-electron chi connectivity index (χ0n) is 10.8. The van der Waals surface area contributed by atoms with Gasteiger partial charge in [-0.05, 0) is 37.1 Å². The van der Waals surface area contributed by atoms with Crippen LogP contribution in [0.25, 0.3) is 5.69 Å². The van der Waals surface area contributed by atoms with E-state index in [0.717, 1.165) is 36.4 Å². The lowest BCUT2D eigenvalue weighted by Gasteiger charge is -2.08. The van der Waals surface area contributed by atoms with E-state index in [1.807, 2.05) is 24.3 Å². The van der Waals surface area contributed by atoms with E-state index in [2.05, 4.69) is 12.0 Å². The summed E-state index contributed by atoms with van der Waals surface area (Å²) >= 11 is 0. The summed E-state index contributed by atoms with van der Waals surface area (Å²) in [6.45, 7) is 2.13. The maximum absolute atomic E-state index is 9.81. The Bertz CT molecular complexity index is 503. The van der Waals surface area contributed by atoms with Crippen LogP contribution in [0.15, 0.2) is 30.5 Å². The van der Waals surface area contributed by atoms with E-state index in [9.17, 15) is 5.11 Å². The summed E-state index contributed by atoms with van der Waals surface area (Å²) in [6, 6.07) is 7.64. The summed E-state index contributed by atoms with van der Waals surface area (Å²) in [5, 5.41) is 14.0. The molecular formula is C14H18N2O2. The third-order valence-electron chi connectivity index (χ3n) is 2.93. The van der Waals surface area contributed by atoms with Crippen LogP contribution in [0.5, 0.6) is 11.5 Å². The Hall–Kier alpha value is -1.97. The van der Waals surface area contributed by atoms with E-state index in [0.29, 0.717) is 0 Å². The Labute approximate surface area is 107 Å². The monoisotopic (exact) mass is 246 g/mol. The van der Waals surface area contributed by atoms with Gasteiger partial charge in [-0.2, -0.15) is 5.10 Å². The summed E-state index contributed by atoms with van der Waals surface area (Å²) in [7, 11) is 1.64. The molecule has 1 heterocycles. The van der Waals surface area contributed by atoms with Crippen LogP contribution in [0.2, 0.25) is 0 Å². The molecule has 4 nitrogen and oxygen atoms in total. The second-order valence-corrected chi connectivity index (χ2v) is 4.19. The molecule has 0 unspecified atom stereocenters. The molecule has 0 spiro atoms. The molecule has 0 saturated heterocycles. The van der Waals surface area contributed by atoms with Crippen molar-refractivity contribution in [2.75, 3.05) is 7.11 Å². The van der Waals surface area contributed by atoms with Gasteiger partial charge in [0.2, 0.25) is 0 Å². The van der Waals surface area contributed by atoms with Gasteiger partial charge in [0.1, 0.15) is 5.75 Å². The van der Waals surface area contributed by atoms with E-state index in [1.54, 1.807) is 11.8 Å². The standard InChI is InChI=1S/C14H18N2O2/c1-3-4-5-13-14(17)10-15-16(13)11-6-8-12(18-2)9-7-11/h6-10,17H,3-5H2,1-2H3. The van der Waals surface area contributed by atoms with Crippen LogP contribution in [0.4, 0.5) is 0 Å². The SMILES string of the molecule is CCCCc1c(O)cnn1-c1ccc(OC)cc1. The van der Waals surface area contributed by atoms with Gasteiger partial charge in [-0.3, -0.25) is 0 Å². The number of ether oxygens (including phenoxy) is 1. The van der Waals surface area contributed by atoms with Crippen LogP contribution in [-0.2, 0) is 6.42 Å². The number of aromatic nitrogens is 2. The number of benzene rings is 1. The highest BCUT2D eigenvalue weighted by Crippen LogP contribution is 2.23. The molecule has 0 saturated carbocycles. The highest BCUT2D eigenvalue weighted by molar-refractivity contribution is 5.40. The summed E-state index contributed by atoms with van der Waals surface area (Å²) < 4.78 is 6.91. The van der Waals surface area contributed by atoms with Crippen molar-refractivity contribution in [1.29, 1.82) is 0 Å². The zero-order chi connectivity index (χ0) is 13.0. The smallest absolute Gasteiger partial charge is 0.157 e. The molecule has 0 aliphatic rings. The van der Waals surface area contributed by atoms with Crippen LogP contribution in [0.3, 0.4) is 0 Å². The molecule has 0 aliphatic heterocycles. The van der Waals surface area contributed by atoms with E-state index >= 15 is 0 Å². The molecule has 96 valence electrons. The van der Waals surface area contributed by atoms with Gasteiger partial charge >= 0.3 is 0 Å². The van der Waals surface area contributed by atoms with Crippen LogP contribution < -0.4 is 4.74 Å². The Balaban J connectivity index is 2.31. The van der Waals surface area contributed by atoms with E-state index < -0.39 is 0 Å². The maximum Gasteiger partial charge on any atom is 0.157 e. The van der Waals surface area contributed by atoms with Gasteiger partial charge in [-0.1, -0.05) is 13.3 Å². The van der Waals surface area contributed by atoms with Crippen LogP contribution >= 0.6 is 0 Å². The Morgan fingerprint density at radius 1 is 1.28 bits per heavy atom. The van der Waals surface area contributed by atoms with Crippen molar-refractivity contribution in [3.05, 3.63) is 36.2 Å². The maximum atomic E-state index is 9.81. The van der Waals surface area contributed by atoms with Crippen molar-refractivity contribution < 1.29 is 9.84 Å². The number of rotatable bonds is 5. The molecule has 0 amide bonds. The molecule has 1 N–H and O–H groups in total. The molecule has 0 atom stereocenters. The van der Waals surface area contributed by atoms with Crippen molar-refractivity contribution >= 4 is 0 Å². The van der Waals surface area contributed by atoms with E-state index in [-0.39, 0.29) is 5.75 Å². The zero-order valence-corrected chi connectivity index (χ0v) is 10.8. The first-order valence-electron chi connectivity index (χ1n) is 6.16. The molecule has 0 radical (unpaired) electrons. The third kappa shape index (κ3) is 2.47. The highest BCUT2D eigenvalue weighted by atomic mass is 16.5. The van der Waals surface area contributed by atoms with E-state index in [4.69, 9.17) is 4.74 Å². The molecule has 1 aromatic carbocycles.